The molecule has 0 saturated carbocycles. The van der Waals surface area contributed by atoms with Crippen molar-refractivity contribution in [1.29, 1.82) is 0 Å². The van der Waals surface area contributed by atoms with Crippen LogP contribution in [0.1, 0.15) is 13.8 Å². The van der Waals surface area contributed by atoms with Crippen molar-refractivity contribution in [3.05, 3.63) is 24.1 Å². The van der Waals surface area contributed by atoms with Gasteiger partial charge in [-0.25, -0.2) is 4.98 Å². The van der Waals surface area contributed by atoms with E-state index in [1.165, 1.54) is 6.07 Å². The summed E-state index contributed by atoms with van der Waals surface area (Å²) in [5.41, 5.74) is 0. The molecule has 82 valence electrons. The lowest BCUT2D eigenvalue weighted by atomic mass is 10.2. The van der Waals surface area contributed by atoms with Gasteiger partial charge in [-0.3, -0.25) is 0 Å². The average molecular weight is 210 g/mol. The number of nitrogens with zero attached hydrogens (tertiary/aromatic N) is 2. The predicted octanol–water partition coefficient (Wildman–Crippen LogP) is 1.83. The second-order valence-corrected chi connectivity index (χ2v) is 3.98. The Morgan fingerprint density at radius 2 is 2.00 bits per heavy atom. The Balaban J connectivity index is 2.16. The molecule has 2 heterocycles. The van der Waals surface area contributed by atoms with Gasteiger partial charge in [0.05, 0.1) is 12.2 Å². The van der Waals surface area contributed by atoms with Gasteiger partial charge in [0.25, 0.3) is 0 Å². The van der Waals surface area contributed by atoms with E-state index in [9.17, 15) is 4.39 Å². The molecule has 0 radical (unpaired) electrons. The minimum absolute atomic E-state index is 0.166. The fourth-order valence-electron chi connectivity index (χ4n) is 1.94. The van der Waals surface area contributed by atoms with E-state index in [1.54, 1.807) is 6.07 Å². The summed E-state index contributed by atoms with van der Waals surface area (Å²) in [4.78, 5) is 5.93. The number of pyridine rings is 1. The SMILES string of the molecule is CC1CN(c2cccc(F)n2)CC(C)O1. The summed E-state index contributed by atoms with van der Waals surface area (Å²) in [7, 11) is 0. The summed E-state index contributed by atoms with van der Waals surface area (Å²) in [6.07, 6.45) is 0.331. The molecule has 0 N–H and O–H groups in total. The van der Waals surface area contributed by atoms with Crippen molar-refractivity contribution in [2.45, 2.75) is 26.1 Å². The number of ether oxygens (including phenoxy) is 1. The Hall–Kier alpha value is -1.16. The lowest BCUT2D eigenvalue weighted by Crippen LogP contribution is -2.45. The summed E-state index contributed by atoms with van der Waals surface area (Å²) in [5, 5.41) is 0. The number of rotatable bonds is 1. The molecule has 1 saturated heterocycles. The monoisotopic (exact) mass is 210 g/mol. The Kier molecular flexibility index (Phi) is 2.86. The van der Waals surface area contributed by atoms with Crippen LogP contribution in [0.5, 0.6) is 0 Å². The highest BCUT2D eigenvalue weighted by molar-refractivity contribution is 5.38. The van der Waals surface area contributed by atoms with Gasteiger partial charge < -0.3 is 9.64 Å². The molecule has 0 spiro atoms. The zero-order valence-electron chi connectivity index (χ0n) is 8.98. The maximum Gasteiger partial charge on any atom is 0.214 e. The van der Waals surface area contributed by atoms with E-state index in [4.69, 9.17) is 4.74 Å². The van der Waals surface area contributed by atoms with Crippen LogP contribution in [0.25, 0.3) is 0 Å². The molecule has 3 nitrogen and oxygen atoms in total. The molecule has 0 aliphatic carbocycles. The van der Waals surface area contributed by atoms with Crippen LogP contribution in [0.4, 0.5) is 10.2 Å². The summed E-state index contributed by atoms with van der Waals surface area (Å²) in [5.74, 6) is 0.260. The third kappa shape index (κ3) is 2.45. The maximum absolute atomic E-state index is 12.9. The molecule has 15 heavy (non-hydrogen) atoms. The van der Waals surface area contributed by atoms with Crippen LogP contribution in [0.3, 0.4) is 0 Å². The molecular formula is C11H15FN2O. The normalized spacial score (nSPS) is 26.7. The first kappa shape index (κ1) is 10.4. The van der Waals surface area contributed by atoms with Gasteiger partial charge in [0.15, 0.2) is 0 Å². The Morgan fingerprint density at radius 3 is 2.60 bits per heavy atom. The van der Waals surface area contributed by atoms with Gasteiger partial charge in [-0.2, -0.15) is 4.39 Å². The van der Waals surface area contributed by atoms with Crippen molar-refractivity contribution in [2.75, 3.05) is 18.0 Å². The third-order valence-corrected chi connectivity index (χ3v) is 2.44. The number of hydrogen-bond acceptors (Lipinski definition) is 3. The van der Waals surface area contributed by atoms with E-state index in [1.807, 2.05) is 19.9 Å². The first-order chi connectivity index (χ1) is 7.15. The molecule has 2 unspecified atom stereocenters. The summed E-state index contributed by atoms with van der Waals surface area (Å²) in [6, 6.07) is 4.87. The van der Waals surface area contributed by atoms with Gasteiger partial charge in [0.2, 0.25) is 5.95 Å². The molecule has 0 amide bonds. The highest BCUT2D eigenvalue weighted by Crippen LogP contribution is 2.17. The van der Waals surface area contributed by atoms with Crippen molar-refractivity contribution in [3.8, 4) is 0 Å². The fraction of sp³-hybridized carbons (Fsp3) is 0.545. The zero-order valence-corrected chi connectivity index (χ0v) is 8.98. The first-order valence-electron chi connectivity index (χ1n) is 5.18. The van der Waals surface area contributed by atoms with Gasteiger partial charge >= 0.3 is 0 Å². The van der Waals surface area contributed by atoms with Crippen molar-refractivity contribution in [2.24, 2.45) is 0 Å². The van der Waals surface area contributed by atoms with E-state index in [0.717, 1.165) is 13.1 Å². The van der Waals surface area contributed by atoms with Crippen LogP contribution in [-0.4, -0.2) is 30.3 Å². The molecule has 1 aliphatic rings. The highest BCUT2D eigenvalue weighted by atomic mass is 19.1. The van der Waals surface area contributed by atoms with Crippen molar-refractivity contribution in [3.63, 3.8) is 0 Å². The van der Waals surface area contributed by atoms with Crippen molar-refractivity contribution >= 4 is 5.82 Å². The van der Waals surface area contributed by atoms with Crippen molar-refractivity contribution < 1.29 is 9.13 Å². The zero-order chi connectivity index (χ0) is 10.8. The smallest absolute Gasteiger partial charge is 0.214 e. The molecule has 1 aromatic rings. The second-order valence-electron chi connectivity index (χ2n) is 3.98. The van der Waals surface area contributed by atoms with Gasteiger partial charge in [0, 0.05) is 13.1 Å². The van der Waals surface area contributed by atoms with Gasteiger partial charge in [-0.1, -0.05) is 6.07 Å². The Morgan fingerprint density at radius 1 is 1.33 bits per heavy atom. The molecule has 0 aromatic carbocycles. The van der Waals surface area contributed by atoms with E-state index >= 15 is 0 Å². The van der Waals surface area contributed by atoms with Crippen LogP contribution in [0, 0.1) is 5.95 Å². The summed E-state index contributed by atoms with van der Waals surface area (Å²) in [6.45, 7) is 5.56. The van der Waals surface area contributed by atoms with Gasteiger partial charge in [-0.05, 0) is 26.0 Å². The van der Waals surface area contributed by atoms with Crippen LogP contribution in [0.2, 0.25) is 0 Å². The highest BCUT2D eigenvalue weighted by Gasteiger charge is 2.23. The average Bonchev–Trinajstić information content (AvgIpc) is 2.16. The molecule has 1 aliphatic heterocycles. The van der Waals surface area contributed by atoms with Gasteiger partial charge in [-0.15, -0.1) is 0 Å². The predicted molar refractivity (Wildman–Crippen MR) is 56.4 cm³/mol. The molecule has 1 aromatic heterocycles. The molecule has 2 atom stereocenters. The molecule has 2 rings (SSSR count). The number of aromatic nitrogens is 1. The topological polar surface area (TPSA) is 25.4 Å². The largest absolute Gasteiger partial charge is 0.372 e. The second kappa shape index (κ2) is 4.14. The number of morpholine rings is 1. The van der Waals surface area contributed by atoms with E-state index in [-0.39, 0.29) is 12.2 Å². The van der Waals surface area contributed by atoms with Crippen LogP contribution in [0.15, 0.2) is 18.2 Å². The quantitative estimate of drug-likeness (QED) is 0.661. The Labute approximate surface area is 88.9 Å². The van der Waals surface area contributed by atoms with Gasteiger partial charge in [0.1, 0.15) is 5.82 Å². The fourth-order valence-corrected chi connectivity index (χ4v) is 1.94. The Bertz CT molecular complexity index is 335. The van der Waals surface area contributed by atoms with E-state index < -0.39 is 5.95 Å². The first-order valence-corrected chi connectivity index (χ1v) is 5.18. The number of anilines is 1. The standard InChI is InChI=1S/C11H15FN2O/c1-8-6-14(7-9(2)15-8)11-5-3-4-10(12)13-11/h3-5,8-9H,6-7H2,1-2H3. The van der Waals surface area contributed by atoms with E-state index in [2.05, 4.69) is 9.88 Å². The molecule has 0 bridgehead atoms. The maximum atomic E-state index is 12.9. The molecule has 1 fully saturated rings. The third-order valence-electron chi connectivity index (χ3n) is 2.44. The molecular weight excluding hydrogens is 195 g/mol. The van der Waals surface area contributed by atoms with Crippen LogP contribution in [-0.2, 0) is 4.74 Å². The summed E-state index contributed by atoms with van der Waals surface area (Å²) < 4.78 is 18.6. The minimum Gasteiger partial charge on any atom is -0.372 e. The molecule has 4 heteroatoms. The number of hydrogen-bond donors (Lipinski definition) is 0. The van der Waals surface area contributed by atoms with Crippen molar-refractivity contribution in [1.82, 2.24) is 4.98 Å². The minimum atomic E-state index is -0.431. The van der Waals surface area contributed by atoms with Crippen LogP contribution < -0.4 is 4.90 Å². The lowest BCUT2D eigenvalue weighted by molar-refractivity contribution is -0.00550. The summed E-state index contributed by atoms with van der Waals surface area (Å²) >= 11 is 0. The van der Waals surface area contributed by atoms with Crippen LogP contribution >= 0.6 is 0 Å². The van der Waals surface area contributed by atoms with E-state index in [0.29, 0.717) is 5.82 Å². The lowest BCUT2D eigenvalue weighted by Gasteiger charge is -2.36. The number of halogens is 1.